The zero-order valence-electron chi connectivity index (χ0n) is 9.00. The molecule has 15 heavy (non-hydrogen) atoms. The summed E-state index contributed by atoms with van der Waals surface area (Å²) in [7, 11) is 0. The molecular weight excluding hydrogens is 195 g/mol. The average Bonchev–Trinajstić information content (AvgIpc) is 2.18. The molecule has 0 atom stereocenters. The van der Waals surface area contributed by atoms with E-state index in [0.29, 0.717) is 18.6 Å². The van der Waals surface area contributed by atoms with Crippen LogP contribution in [0.3, 0.4) is 0 Å². The highest BCUT2D eigenvalue weighted by atomic mass is 19.1. The van der Waals surface area contributed by atoms with E-state index >= 15 is 0 Å². The van der Waals surface area contributed by atoms with Gasteiger partial charge < -0.3 is 4.74 Å². The van der Waals surface area contributed by atoms with Gasteiger partial charge in [-0.2, -0.15) is 0 Å². The third-order valence-electron chi connectivity index (χ3n) is 1.95. The van der Waals surface area contributed by atoms with Crippen molar-refractivity contribution < 1.29 is 13.9 Å². The number of ether oxygens (including phenoxy) is 1. The minimum absolute atomic E-state index is 0.0179. The summed E-state index contributed by atoms with van der Waals surface area (Å²) in [4.78, 5) is 11.5. The van der Waals surface area contributed by atoms with Crippen molar-refractivity contribution in [2.24, 2.45) is 0 Å². The number of benzene rings is 1. The number of carbonyl (C=O) groups is 1. The summed E-state index contributed by atoms with van der Waals surface area (Å²) >= 11 is 0. The summed E-state index contributed by atoms with van der Waals surface area (Å²) in [6.45, 7) is 4.25. The third-order valence-corrected chi connectivity index (χ3v) is 1.95. The zero-order valence-corrected chi connectivity index (χ0v) is 9.00. The summed E-state index contributed by atoms with van der Waals surface area (Å²) in [5.74, 6) is -0.347. The van der Waals surface area contributed by atoms with E-state index in [1.165, 1.54) is 24.3 Å². The molecule has 0 spiro atoms. The first-order valence-corrected chi connectivity index (χ1v) is 5.00. The molecule has 1 aromatic rings. The van der Waals surface area contributed by atoms with Gasteiger partial charge in [0.05, 0.1) is 12.7 Å². The van der Waals surface area contributed by atoms with Gasteiger partial charge in [0.25, 0.3) is 0 Å². The lowest BCUT2D eigenvalue weighted by molar-refractivity contribution is 0.0678. The number of hydrogen-bond donors (Lipinski definition) is 0. The quantitative estimate of drug-likeness (QED) is 0.698. The van der Waals surface area contributed by atoms with Gasteiger partial charge in [0, 0.05) is 12.0 Å². The lowest BCUT2D eigenvalue weighted by Crippen LogP contribution is -2.09. The van der Waals surface area contributed by atoms with Gasteiger partial charge in [-0.15, -0.1) is 0 Å². The maximum Gasteiger partial charge on any atom is 0.165 e. The molecule has 0 heterocycles. The molecule has 0 saturated heterocycles. The number of ketones is 1. The Bertz CT molecular complexity index is 317. The van der Waals surface area contributed by atoms with E-state index in [9.17, 15) is 9.18 Å². The Labute approximate surface area is 89.1 Å². The van der Waals surface area contributed by atoms with Crippen LogP contribution in [-0.4, -0.2) is 18.5 Å². The zero-order chi connectivity index (χ0) is 11.3. The molecule has 0 fully saturated rings. The van der Waals surface area contributed by atoms with Crippen LogP contribution in [0.15, 0.2) is 24.3 Å². The molecule has 0 bridgehead atoms. The van der Waals surface area contributed by atoms with Gasteiger partial charge in [-0.05, 0) is 38.1 Å². The Morgan fingerprint density at radius 3 is 2.47 bits per heavy atom. The third kappa shape index (κ3) is 4.21. The van der Waals surface area contributed by atoms with Crippen molar-refractivity contribution in [1.82, 2.24) is 0 Å². The molecule has 0 aliphatic heterocycles. The topological polar surface area (TPSA) is 26.3 Å². The van der Waals surface area contributed by atoms with Crippen molar-refractivity contribution in [3.8, 4) is 0 Å². The molecule has 3 heteroatoms. The van der Waals surface area contributed by atoms with E-state index in [0.717, 1.165) is 0 Å². The maximum atomic E-state index is 12.6. The van der Waals surface area contributed by atoms with Gasteiger partial charge in [0.2, 0.25) is 0 Å². The fourth-order valence-corrected chi connectivity index (χ4v) is 1.17. The summed E-state index contributed by atoms with van der Waals surface area (Å²) < 4.78 is 17.8. The molecule has 0 unspecified atom stereocenters. The molecule has 0 aromatic heterocycles. The van der Waals surface area contributed by atoms with Crippen LogP contribution in [0.2, 0.25) is 0 Å². The van der Waals surface area contributed by atoms with Crippen LogP contribution in [0, 0.1) is 5.82 Å². The van der Waals surface area contributed by atoms with Gasteiger partial charge in [-0.25, -0.2) is 4.39 Å². The predicted octanol–water partition coefficient (Wildman–Crippen LogP) is 2.82. The first kappa shape index (κ1) is 11.9. The maximum absolute atomic E-state index is 12.6. The van der Waals surface area contributed by atoms with Crippen LogP contribution < -0.4 is 0 Å². The molecular formula is C12H15FO2. The predicted molar refractivity (Wildman–Crippen MR) is 56.4 cm³/mol. The number of rotatable bonds is 5. The Kier molecular flexibility index (Phi) is 4.43. The molecule has 0 aliphatic carbocycles. The molecule has 0 amide bonds. The minimum Gasteiger partial charge on any atom is -0.378 e. The van der Waals surface area contributed by atoms with Crippen molar-refractivity contribution in [2.45, 2.75) is 26.4 Å². The molecule has 1 aromatic carbocycles. The second-order valence-electron chi connectivity index (χ2n) is 3.60. The second-order valence-corrected chi connectivity index (χ2v) is 3.60. The van der Waals surface area contributed by atoms with E-state index in [1.54, 1.807) is 0 Å². The monoisotopic (exact) mass is 210 g/mol. The Balaban J connectivity index is 2.43. The van der Waals surface area contributed by atoms with Crippen LogP contribution in [0.1, 0.15) is 30.6 Å². The number of carbonyl (C=O) groups excluding carboxylic acids is 1. The summed E-state index contributed by atoms with van der Waals surface area (Å²) in [6.07, 6.45) is 0.468. The van der Waals surface area contributed by atoms with Crippen molar-refractivity contribution in [3.63, 3.8) is 0 Å². The first-order valence-electron chi connectivity index (χ1n) is 5.00. The van der Waals surface area contributed by atoms with Crippen LogP contribution in [0.4, 0.5) is 4.39 Å². The number of hydrogen-bond acceptors (Lipinski definition) is 2. The highest BCUT2D eigenvalue weighted by molar-refractivity contribution is 5.96. The molecule has 2 nitrogen and oxygen atoms in total. The van der Waals surface area contributed by atoms with Crippen LogP contribution in [0.25, 0.3) is 0 Å². The average molecular weight is 210 g/mol. The van der Waals surface area contributed by atoms with Crippen LogP contribution in [-0.2, 0) is 4.74 Å². The van der Waals surface area contributed by atoms with E-state index in [-0.39, 0.29) is 17.7 Å². The summed E-state index contributed by atoms with van der Waals surface area (Å²) in [6, 6.07) is 5.56. The molecule has 0 N–H and O–H groups in total. The van der Waals surface area contributed by atoms with E-state index in [1.807, 2.05) is 13.8 Å². The van der Waals surface area contributed by atoms with E-state index < -0.39 is 0 Å². The summed E-state index contributed by atoms with van der Waals surface area (Å²) in [5, 5.41) is 0. The van der Waals surface area contributed by atoms with Crippen molar-refractivity contribution in [1.29, 1.82) is 0 Å². The Morgan fingerprint density at radius 2 is 1.93 bits per heavy atom. The normalized spacial score (nSPS) is 10.7. The smallest absolute Gasteiger partial charge is 0.165 e. The Morgan fingerprint density at radius 1 is 1.33 bits per heavy atom. The van der Waals surface area contributed by atoms with Crippen molar-refractivity contribution >= 4 is 5.78 Å². The van der Waals surface area contributed by atoms with Gasteiger partial charge in [0.1, 0.15) is 5.82 Å². The highest BCUT2D eigenvalue weighted by Gasteiger charge is 2.05. The van der Waals surface area contributed by atoms with Crippen LogP contribution >= 0.6 is 0 Å². The second kappa shape index (κ2) is 5.61. The van der Waals surface area contributed by atoms with Gasteiger partial charge >= 0.3 is 0 Å². The molecule has 0 aliphatic rings. The fourth-order valence-electron chi connectivity index (χ4n) is 1.17. The molecule has 1 rings (SSSR count). The van der Waals surface area contributed by atoms with E-state index in [2.05, 4.69) is 0 Å². The standard InChI is InChI=1S/C12H15FO2/c1-9(2)15-8-7-12(14)10-3-5-11(13)6-4-10/h3-6,9H,7-8H2,1-2H3. The number of halogens is 1. The lowest BCUT2D eigenvalue weighted by Gasteiger charge is -2.06. The van der Waals surface area contributed by atoms with Gasteiger partial charge in [-0.3, -0.25) is 4.79 Å². The van der Waals surface area contributed by atoms with Crippen molar-refractivity contribution in [3.05, 3.63) is 35.6 Å². The van der Waals surface area contributed by atoms with Crippen molar-refractivity contribution in [2.75, 3.05) is 6.61 Å². The fraction of sp³-hybridized carbons (Fsp3) is 0.417. The van der Waals surface area contributed by atoms with Gasteiger partial charge in [-0.1, -0.05) is 0 Å². The SMILES string of the molecule is CC(C)OCCC(=O)c1ccc(F)cc1. The van der Waals surface area contributed by atoms with Gasteiger partial charge in [0.15, 0.2) is 5.78 Å². The first-order chi connectivity index (χ1) is 7.09. The van der Waals surface area contributed by atoms with E-state index in [4.69, 9.17) is 4.74 Å². The largest absolute Gasteiger partial charge is 0.378 e. The number of Topliss-reactive ketones (excluding diaryl/α,β-unsaturated/α-hetero) is 1. The summed E-state index contributed by atoms with van der Waals surface area (Å²) in [5.41, 5.74) is 0.531. The highest BCUT2D eigenvalue weighted by Crippen LogP contribution is 2.06. The molecule has 82 valence electrons. The molecule has 0 radical (unpaired) electrons. The van der Waals surface area contributed by atoms with Crippen LogP contribution in [0.5, 0.6) is 0 Å². The molecule has 0 saturated carbocycles. The Hall–Kier alpha value is -1.22. The minimum atomic E-state index is -0.329. The lowest BCUT2D eigenvalue weighted by atomic mass is 10.1.